The number of halogens is 1. The van der Waals surface area contributed by atoms with E-state index < -0.39 is 0 Å². The summed E-state index contributed by atoms with van der Waals surface area (Å²) < 4.78 is 15.9. The van der Waals surface area contributed by atoms with E-state index in [1.54, 1.807) is 42.7 Å². The molecule has 1 aromatic carbocycles. The average molecular weight is 422 g/mol. The minimum absolute atomic E-state index is 0.101. The molecule has 0 aliphatic heterocycles. The maximum atomic E-state index is 12.2. The Hall–Kier alpha value is -2.58. The largest absolute Gasteiger partial charge is 0.497 e. The lowest BCUT2D eigenvalue weighted by Gasteiger charge is -2.07. The lowest BCUT2D eigenvalue weighted by atomic mass is 10.3. The van der Waals surface area contributed by atoms with Gasteiger partial charge < -0.3 is 19.3 Å². The van der Waals surface area contributed by atoms with Crippen molar-refractivity contribution in [3.05, 3.63) is 56.3 Å². The van der Waals surface area contributed by atoms with Gasteiger partial charge in [-0.3, -0.25) is 4.79 Å². The SMILES string of the molecule is COc1ccc(OCc2cc(C(=O)NCCc3nc(C)c(C)s3)no2)c(Cl)c1. The number of ether oxygens (including phenoxy) is 2. The summed E-state index contributed by atoms with van der Waals surface area (Å²) in [4.78, 5) is 17.8. The summed E-state index contributed by atoms with van der Waals surface area (Å²) in [5.41, 5.74) is 1.23. The smallest absolute Gasteiger partial charge is 0.273 e. The Bertz CT molecular complexity index is 950. The molecule has 0 aliphatic carbocycles. The van der Waals surface area contributed by atoms with Crippen LogP contribution in [0, 0.1) is 13.8 Å². The number of aromatic nitrogens is 2. The Morgan fingerprint density at radius 2 is 2.14 bits per heavy atom. The van der Waals surface area contributed by atoms with E-state index in [0.717, 1.165) is 10.7 Å². The van der Waals surface area contributed by atoms with Gasteiger partial charge in [0.2, 0.25) is 0 Å². The normalized spacial score (nSPS) is 10.7. The Kier molecular flexibility index (Phi) is 6.53. The third kappa shape index (κ3) is 5.02. The Morgan fingerprint density at radius 3 is 2.82 bits per heavy atom. The van der Waals surface area contributed by atoms with Crippen LogP contribution in [-0.2, 0) is 13.0 Å². The number of carbonyl (C=O) groups excluding carboxylic acids is 1. The number of methoxy groups -OCH3 is 1. The first-order valence-corrected chi connectivity index (χ1v) is 9.78. The van der Waals surface area contributed by atoms with E-state index in [1.807, 2.05) is 13.8 Å². The summed E-state index contributed by atoms with van der Waals surface area (Å²) in [5.74, 6) is 1.24. The maximum Gasteiger partial charge on any atom is 0.273 e. The molecule has 2 heterocycles. The zero-order chi connectivity index (χ0) is 20.1. The van der Waals surface area contributed by atoms with E-state index in [4.69, 9.17) is 25.6 Å². The van der Waals surface area contributed by atoms with Gasteiger partial charge in [-0.25, -0.2) is 4.98 Å². The van der Waals surface area contributed by atoms with Crippen LogP contribution in [0.15, 0.2) is 28.8 Å². The van der Waals surface area contributed by atoms with Crippen molar-refractivity contribution in [1.29, 1.82) is 0 Å². The molecule has 3 rings (SSSR count). The minimum Gasteiger partial charge on any atom is -0.497 e. The summed E-state index contributed by atoms with van der Waals surface area (Å²) in [6.45, 7) is 4.59. The molecule has 0 fully saturated rings. The van der Waals surface area contributed by atoms with Crippen LogP contribution >= 0.6 is 22.9 Å². The number of amides is 1. The number of carbonyl (C=O) groups is 1. The predicted octanol–water partition coefficient (Wildman–Crippen LogP) is 3.96. The van der Waals surface area contributed by atoms with Crippen molar-refractivity contribution in [3.8, 4) is 11.5 Å². The van der Waals surface area contributed by atoms with E-state index >= 15 is 0 Å². The van der Waals surface area contributed by atoms with Gasteiger partial charge in [0.1, 0.15) is 18.1 Å². The van der Waals surface area contributed by atoms with Crippen LogP contribution in [0.25, 0.3) is 0 Å². The molecule has 1 N–H and O–H groups in total. The van der Waals surface area contributed by atoms with Gasteiger partial charge in [0, 0.05) is 30.0 Å². The second-order valence-electron chi connectivity index (χ2n) is 6.02. The Balaban J connectivity index is 1.49. The van der Waals surface area contributed by atoms with E-state index in [1.165, 1.54) is 4.88 Å². The van der Waals surface area contributed by atoms with Crippen molar-refractivity contribution < 1.29 is 18.8 Å². The molecule has 0 spiro atoms. The molecule has 0 bridgehead atoms. The van der Waals surface area contributed by atoms with E-state index in [-0.39, 0.29) is 18.2 Å². The molecule has 3 aromatic rings. The minimum atomic E-state index is -0.303. The molecule has 9 heteroatoms. The van der Waals surface area contributed by atoms with Crippen LogP contribution in [0.3, 0.4) is 0 Å². The molecule has 148 valence electrons. The maximum absolute atomic E-state index is 12.2. The number of benzene rings is 1. The van der Waals surface area contributed by atoms with Crippen LogP contribution in [0.5, 0.6) is 11.5 Å². The van der Waals surface area contributed by atoms with Crippen LogP contribution in [0.2, 0.25) is 5.02 Å². The first-order valence-electron chi connectivity index (χ1n) is 8.59. The van der Waals surface area contributed by atoms with E-state index in [9.17, 15) is 4.79 Å². The monoisotopic (exact) mass is 421 g/mol. The number of aryl methyl sites for hydroxylation is 2. The Labute approximate surface area is 171 Å². The van der Waals surface area contributed by atoms with Crippen molar-refractivity contribution in [1.82, 2.24) is 15.5 Å². The van der Waals surface area contributed by atoms with Crippen molar-refractivity contribution in [2.45, 2.75) is 26.9 Å². The molecule has 28 heavy (non-hydrogen) atoms. The number of nitrogens with zero attached hydrogens (tertiary/aromatic N) is 2. The van der Waals surface area contributed by atoms with Gasteiger partial charge in [-0.1, -0.05) is 16.8 Å². The van der Waals surface area contributed by atoms with Crippen molar-refractivity contribution >= 4 is 28.8 Å². The molecule has 0 radical (unpaired) electrons. The van der Waals surface area contributed by atoms with E-state index in [0.29, 0.717) is 35.2 Å². The second kappa shape index (κ2) is 9.07. The number of hydrogen-bond donors (Lipinski definition) is 1. The zero-order valence-corrected chi connectivity index (χ0v) is 17.3. The van der Waals surface area contributed by atoms with Gasteiger partial charge in [0.15, 0.2) is 11.5 Å². The fourth-order valence-electron chi connectivity index (χ4n) is 2.38. The highest BCUT2D eigenvalue weighted by molar-refractivity contribution is 7.11. The van der Waals surface area contributed by atoms with Gasteiger partial charge in [0.25, 0.3) is 5.91 Å². The number of thiazole rings is 1. The summed E-state index contributed by atoms with van der Waals surface area (Å²) in [6, 6.07) is 6.64. The summed E-state index contributed by atoms with van der Waals surface area (Å²) >= 11 is 7.77. The highest BCUT2D eigenvalue weighted by atomic mass is 35.5. The van der Waals surface area contributed by atoms with Gasteiger partial charge in [0.05, 0.1) is 22.8 Å². The van der Waals surface area contributed by atoms with Crippen molar-refractivity contribution in [2.24, 2.45) is 0 Å². The fourth-order valence-corrected chi connectivity index (χ4v) is 3.54. The van der Waals surface area contributed by atoms with Crippen LogP contribution in [-0.4, -0.2) is 29.7 Å². The van der Waals surface area contributed by atoms with Crippen LogP contribution in [0.1, 0.15) is 31.8 Å². The zero-order valence-electron chi connectivity index (χ0n) is 15.7. The summed E-state index contributed by atoms with van der Waals surface area (Å²) in [5, 5.41) is 8.03. The van der Waals surface area contributed by atoms with Gasteiger partial charge >= 0.3 is 0 Å². The first-order chi connectivity index (χ1) is 13.5. The van der Waals surface area contributed by atoms with Gasteiger partial charge in [-0.2, -0.15) is 0 Å². The third-order valence-electron chi connectivity index (χ3n) is 4.00. The molecule has 0 aliphatic rings. The van der Waals surface area contributed by atoms with Crippen LogP contribution in [0.4, 0.5) is 0 Å². The Morgan fingerprint density at radius 1 is 1.32 bits per heavy atom. The predicted molar refractivity (Wildman–Crippen MR) is 106 cm³/mol. The highest BCUT2D eigenvalue weighted by Gasteiger charge is 2.14. The third-order valence-corrected chi connectivity index (χ3v) is 5.43. The molecule has 0 saturated heterocycles. The molecule has 0 saturated carbocycles. The van der Waals surface area contributed by atoms with Crippen molar-refractivity contribution in [3.63, 3.8) is 0 Å². The highest BCUT2D eigenvalue weighted by Crippen LogP contribution is 2.29. The summed E-state index contributed by atoms with van der Waals surface area (Å²) in [7, 11) is 1.56. The molecule has 1 amide bonds. The van der Waals surface area contributed by atoms with Crippen LogP contribution < -0.4 is 14.8 Å². The quantitative estimate of drug-likeness (QED) is 0.592. The average Bonchev–Trinajstić information content (AvgIpc) is 3.27. The van der Waals surface area contributed by atoms with Crippen molar-refractivity contribution in [2.75, 3.05) is 13.7 Å². The first kappa shape index (κ1) is 20.2. The summed E-state index contributed by atoms with van der Waals surface area (Å²) in [6.07, 6.45) is 0.675. The standard InChI is InChI=1S/C19H20ClN3O4S/c1-11-12(2)28-18(22-11)6-7-21-19(24)16-9-14(27-23-16)10-26-17-5-4-13(25-3)8-15(17)20/h4-5,8-9H,6-7,10H2,1-3H3,(H,21,24). The molecule has 2 aromatic heterocycles. The molecule has 0 atom stereocenters. The second-order valence-corrected chi connectivity index (χ2v) is 7.71. The molecular weight excluding hydrogens is 402 g/mol. The topological polar surface area (TPSA) is 86.5 Å². The lowest BCUT2D eigenvalue weighted by molar-refractivity contribution is 0.0944. The van der Waals surface area contributed by atoms with Gasteiger partial charge in [-0.15, -0.1) is 11.3 Å². The number of nitrogens with one attached hydrogen (secondary N) is 1. The van der Waals surface area contributed by atoms with E-state index in [2.05, 4.69) is 15.5 Å². The number of hydrogen-bond acceptors (Lipinski definition) is 7. The van der Waals surface area contributed by atoms with Gasteiger partial charge in [-0.05, 0) is 26.0 Å². The molecule has 0 unspecified atom stereocenters. The molecular formula is C19H20ClN3O4S. The molecule has 7 nitrogen and oxygen atoms in total. The lowest BCUT2D eigenvalue weighted by Crippen LogP contribution is -2.25. The number of rotatable bonds is 8. The fraction of sp³-hybridized carbons (Fsp3) is 0.316.